The van der Waals surface area contributed by atoms with Crippen molar-refractivity contribution in [3.05, 3.63) is 0 Å². The minimum Gasteiger partial charge on any atom is -0.481 e. The Morgan fingerprint density at radius 3 is 1.95 bits per heavy atom. The topological polar surface area (TPSA) is 57.5 Å². The normalized spacial score (nSPS) is 20.0. The van der Waals surface area contributed by atoms with Crippen LogP contribution in [0.15, 0.2) is 0 Å². The van der Waals surface area contributed by atoms with Crippen LogP contribution in [0.3, 0.4) is 0 Å². The van der Waals surface area contributed by atoms with Gasteiger partial charge in [0, 0.05) is 6.42 Å². The molecule has 1 saturated carbocycles. The highest BCUT2D eigenvalue weighted by Crippen LogP contribution is 2.26. The van der Waals surface area contributed by atoms with Gasteiger partial charge in [-0.3, -0.25) is 4.79 Å². The Hall–Kier alpha value is -0.570. The summed E-state index contributed by atoms with van der Waals surface area (Å²) < 4.78 is 0. The Morgan fingerprint density at radius 2 is 1.38 bits per heavy atom. The second-order valence-corrected chi connectivity index (χ2v) is 6.73. The van der Waals surface area contributed by atoms with Gasteiger partial charge in [0.25, 0.3) is 0 Å². The molecule has 124 valence electrons. The van der Waals surface area contributed by atoms with E-state index in [0.29, 0.717) is 5.92 Å². The van der Waals surface area contributed by atoms with Gasteiger partial charge >= 0.3 is 5.97 Å². The van der Waals surface area contributed by atoms with Crippen LogP contribution in [0.1, 0.15) is 96.3 Å². The van der Waals surface area contributed by atoms with Gasteiger partial charge in [0.15, 0.2) is 0 Å². The molecule has 0 radical (unpaired) electrons. The van der Waals surface area contributed by atoms with Gasteiger partial charge in [-0.25, -0.2) is 0 Å². The molecule has 0 aromatic rings. The number of unbranched alkanes of at least 4 members (excludes halogenated alkanes) is 3. The molecule has 0 aliphatic heterocycles. The summed E-state index contributed by atoms with van der Waals surface area (Å²) in [7, 11) is 0. The first-order chi connectivity index (χ1) is 10.2. The molecule has 0 aromatic carbocycles. The maximum Gasteiger partial charge on any atom is 0.303 e. The van der Waals surface area contributed by atoms with Gasteiger partial charge in [-0.2, -0.15) is 0 Å². The van der Waals surface area contributed by atoms with Crippen molar-refractivity contribution in [1.29, 1.82) is 0 Å². The van der Waals surface area contributed by atoms with Crippen molar-refractivity contribution < 1.29 is 15.0 Å². The number of carbonyl (C=O) groups is 1. The van der Waals surface area contributed by atoms with Crippen molar-refractivity contribution in [2.75, 3.05) is 0 Å². The second kappa shape index (κ2) is 12.0. The smallest absolute Gasteiger partial charge is 0.303 e. The third-order valence-electron chi connectivity index (χ3n) is 4.83. The highest BCUT2D eigenvalue weighted by Gasteiger charge is 2.18. The Bertz CT molecular complexity index is 255. The van der Waals surface area contributed by atoms with E-state index >= 15 is 0 Å². The lowest BCUT2D eigenvalue weighted by atomic mass is 9.86. The molecule has 0 heterocycles. The van der Waals surface area contributed by atoms with Gasteiger partial charge < -0.3 is 10.2 Å². The van der Waals surface area contributed by atoms with Crippen LogP contribution in [0.25, 0.3) is 0 Å². The van der Waals surface area contributed by atoms with Crippen molar-refractivity contribution in [2.24, 2.45) is 5.92 Å². The number of aliphatic carboxylic acids is 1. The Kier molecular flexibility index (Phi) is 10.6. The van der Waals surface area contributed by atoms with Gasteiger partial charge in [0.1, 0.15) is 0 Å². The third-order valence-corrected chi connectivity index (χ3v) is 4.83. The van der Waals surface area contributed by atoms with Crippen molar-refractivity contribution >= 4 is 5.97 Å². The van der Waals surface area contributed by atoms with Crippen molar-refractivity contribution in [3.63, 3.8) is 0 Å². The molecular formula is C18H34O3. The molecule has 2 N–H and O–H groups in total. The predicted molar refractivity (Wildman–Crippen MR) is 86.4 cm³/mol. The van der Waals surface area contributed by atoms with Gasteiger partial charge in [0.2, 0.25) is 0 Å². The van der Waals surface area contributed by atoms with Crippen LogP contribution < -0.4 is 0 Å². The summed E-state index contributed by atoms with van der Waals surface area (Å²) in [5, 5.41) is 19.0. The molecular weight excluding hydrogens is 264 g/mol. The summed E-state index contributed by atoms with van der Waals surface area (Å²) in [6, 6.07) is 0. The number of carboxylic acid groups (broad SMARTS) is 1. The molecule has 1 aliphatic rings. The average Bonchev–Trinajstić information content (AvgIpc) is 2.47. The van der Waals surface area contributed by atoms with Crippen LogP contribution >= 0.6 is 0 Å². The minimum absolute atomic E-state index is 0.135. The van der Waals surface area contributed by atoms with Crippen LogP contribution in [-0.4, -0.2) is 22.3 Å². The Labute approximate surface area is 130 Å². The molecule has 1 rings (SSSR count). The third kappa shape index (κ3) is 9.89. The number of hydrogen-bond donors (Lipinski definition) is 2. The summed E-state index contributed by atoms with van der Waals surface area (Å²) in [6.07, 6.45) is 16.6. The summed E-state index contributed by atoms with van der Waals surface area (Å²) >= 11 is 0. The molecule has 0 spiro atoms. The zero-order valence-electron chi connectivity index (χ0n) is 13.6. The van der Waals surface area contributed by atoms with E-state index < -0.39 is 5.97 Å². The van der Waals surface area contributed by atoms with Gasteiger partial charge in [0.05, 0.1) is 6.10 Å². The molecule has 3 nitrogen and oxygen atoms in total. The predicted octanol–water partition coefficient (Wildman–Crippen LogP) is 4.91. The quantitative estimate of drug-likeness (QED) is 0.626. The number of aliphatic hydroxyl groups is 1. The summed E-state index contributed by atoms with van der Waals surface area (Å²) in [5.74, 6) is -0.196. The van der Waals surface area contributed by atoms with Crippen molar-refractivity contribution in [1.82, 2.24) is 0 Å². The van der Waals surface area contributed by atoms with Gasteiger partial charge in [-0.1, -0.05) is 64.2 Å². The fourth-order valence-electron chi connectivity index (χ4n) is 3.45. The van der Waals surface area contributed by atoms with Crippen LogP contribution in [0.4, 0.5) is 0 Å². The molecule has 1 aliphatic carbocycles. The summed E-state index contributed by atoms with van der Waals surface area (Å²) in [6.45, 7) is 0. The highest BCUT2D eigenvalue weighted by molar-refractivity contribution is 5.66. The van der Waals surface area contributed by atoms with E-state index in [9.17, 15) is 9.90 Å². The molecule has 1 atom stereocenters. The van der Waals surface area contributed by atoms with Crippen molar-refractivity contribution in [3.8, 4) is 0 Å². The van der Waals surface area contributed by atoms with Gasteiger partial charge in [-0.15, -0.1) is 0 Å². The van der Waals surface area contributed by atoms with Crippen LogP contribution in [0.5, 0.6) is 0 Å². The van der Waals surface area contributed by atoms with E-state index in [1.54, 1.807) is 0 Å². The maximum absolute atomic E-state index is 10.4. The fraction of sp³-hybridized carbons (Fsp3) is 0.944. The molecule has 1 fully saturated rings. The number of carboxylic acids is 1. The SMILES string of the molecule is O=C(O)CCCCCCC(O)C1CCCCCCCCC1. The molecule has 1 unspecified atom stereocenters. The zero-order valence-corrected chi connectivity index (χ0v) is 13.6. The lowest BCUT2D eigenvalue weighted by molar-refractivity contribution is -0.137. The molecule has 0 amide bonds. The van der Waals surface area contributed by atoms with E-state index in [-0.39, 0.29) is 12.5 Å². The number of aliphatic hydroxyl groups excluding tert-OH is 1. The molecule has 0 aromatic heterocycles. The standard InChI is InChI=1S/C18H34O3/c19-17(14-10-6-7-11-15-18(20)21)16-12-8-4-2-1-3-5-9-13-16/h16-17,19H,1-15H2,(H,20,21). The monoisotopic (exact) mass is 298 g/mol. The summed E-state index contributed by atoms with van der Waals surface area (Å²) in [5.41, 5.74) is 0. The minimum atomic E-state index is -0.698. The number of hydrogen-bond acceptors (Lipinski definition) is 2. The zero-order chi connectivity index (χ0) is 15.3. The van der Waals surface area contributed by atoms with E-state index in [1.807, 2.05) is 0 Å². The highest BCUT2D eigenvalue weighted by atomic mass is 16.4. The largest absolute Gasteiger partial charge is 0.481 e. The first-order valence-corrected chi connectivity index (χ1v) is 9.10. The van der Waals surface area contributed by atoms with Crippen LogP contribution in [0.2, 0.25) is 0 Å². The summed E-state index contributed by atoms with van der Waals surface area (Å²) in [4.78, 5) is 10.4. The Morgan fingerprint density at radius 1 is 0.857 bits per heavy atom. The molecule has 3 heteroatoms. The second-order valence-electron chi connectivity index (χ2n) is 6.73. The number of rotatable bonds is 8. The molecule has 21 heavy (non-hydrogen) atoms. The van der Waals surface area contributed by atoms with Crippen LogP contribution in [0, 0.1) is 5.92 Å². The van der Waals surface area contributed by atoms with Gasteiger partial charge in [-0.05, 0) is 31.6 Å². The van der Waals surface area contributed by atoms with E-state index in [0.717, 1.165) is 32.1 Å². The average molecular weight is 298 g/mol. The first kappa shape index (κ1) is 18.5. The van der Waals surface area contributed by atoms with Crippen molar-refractivity contribution in [2.45, 2.75) is 102 Å². The lowest BCUT2D eigenvalue weighted by Crippen LogP contribution is -2.21. The van der Waals surface area contributed by atoms with E-state index in [2.05, 4.69) is 0 Å². The maximum atomic E-state index is 10.4. The van der Waals surface area contributed by atoms with E-state index in [4.69, 9.17) is 5.11 Å². The van der Waals surface area contributed by atoms with E-state index in [1.165, 1.54) is 57.8 Å². The molecule has 0 saturated heterocycles. The van der Waals surface area contributed by atoms with Crippen LogP contribution in [-0.2, 0) is 4.79 Å². The lowest BCUT2D eigenvalue weighted by Gasteiger charge is -2.24. The molecule has 0 bridgehead atoms. The fourth-order valence-corrected chi connectivity index (χ4v) is 3.45. The first-order valence-electron chi connectivity index (χ1n) is 9.10. The Balaban J connectivity index is 2.12.